The van der Waals surface area contributed by atoms with Gasteiger partial charge in [0.05, 0.1) is 6.61 Å². The standard InChI is InChI=1S/C26H45N5O5S.2ClH/c1-4-7-22-36-24-10-8-23(9-11-24)30-18-20-31(21-19-30)37(34,35)26(25(32)27-33)12-14-29(15-13-26)17-16-28(5-2)6-3;;/h8-11,33H,4-7,12-22H2,1-3H3,(H,27,32);2*1H. The number of likely N-dealkylation sites (tertiary alicyclic amines) is 1. The van der Waals surface area contributed by atoms with E-state index in [-0.39, 0.29) is 37.7 Å². The molecule has 10 nitrogen and oxygen atoms in total. The molecule has 2 N–H and O–H groups in total. The van der Waals surface area contributed by atoms with Gasteiger partial charge in [0, 0.05) is 58.0 Å². The lowest BCUT2D eigenvalue weighted by Gasteiger charge is -2.44. The highest BCUT2D eigenvalue weighted by molar-refractivity contribution is 7.91. The summed E-state index contributed by atoms with van der Waals surface area (Å²) in [6.45, 7) is 13.4. The zero-order valence-electron chi connectivity index (χ0n) is 23.5. The van der Waals surface area contributed by atoms with Crippen LogP contribution in [0.2, 0.25) is 0 Å². The van der Waals surface area contributed by atoms with Crippen molar-refractivity contribution in [2.45, 2.75) is 51.2 Å². The van der Waals surface area contributed by atoms with Gasteiger partial charge >= 0.3 is 0 Å². The van der Waals surface area contributed by atoms with E-state index in [1.807, 2.05) is 24.3 Å². The Kier molecular flexibility index (Phi) is 15.4. The number of nitrogens with one attached hydrogen (secondary N) is 1. The van der Waals surface area contributed by atoms with Crippen LogP contribution in [0.5, 0.6) is 5.75 Å². The molecule has 2 aliphatic rings. The molecule has 13 heteroatoms. The lowest BCUT2D eigenvalue weighted by Crippen LogP contribution is -2.63. The molecule has 3 rings (SSSR count). The summed E-state index contributed by atoms with van der Waals surface area (Å²) in [6.07, 6.45) is 2.43. The molecule has 2 heterocycles. The molecule has 1 amide bonds. The number of hydroxylamine groups is 1. The summed E-state index contributed by atoms with van der Waals surface area (Å²) in [5.74, 6) is 0.00999. The molecule has 1 aromatic rings. The molecular weight excluding hydrogens is 565 g/mol. The number of unbranched alkanes of at least 4 members (excludes halogenated alkanes) is 1. The van der Waals surface area contributed by atoms with Crippen LogP contribution in [0.25, 0.3) is 0 Å². The lowest BCUT2D eigenvalue weighted by molar-refractivity contribution is -0.133. The number of anilines is 1. The van der Waals surface area contributed by atoms with E-state index in [0.29, 0.717) is 45.9 Å². The fourth-order valence-corrected chi connectivity index (χ4v) is 7.30. The zero-order valence-corrected chi connectivity index (χ0v) is 26.0. The molecular formula is C26H47Cl2N5O5S. The van der Waals surface area contributed by atoms with Crippen molar-refractivity contribution < 1.29 is 23.2 Å². The first-order valence-corrected chi connectivity index (χ1v) is 15.1. The predicted molar refractivity (Wildman–Crippen MR) is 160 cm³/mol. The number of amides is 1. The van der Waals surface area contributed by atoms with Crippen molar-refractivity contribution in [3.63, 3.8) is 0 Å². The maximum atomic E-state index is 13.8. The smallest absolute Gasteiger partial charge is 0.266 e. The van der Waals surface area contributed by atoms with Crippen LogP contribution in [0.15, 0.2) is 24.3 Å². The summed E-state index contributed by atoms with van der Waals surface area (Å²) in [6, 6.07) is 7.89. The SMILES string of the molecule is CCCCOc1ccc(N2CCN(S(=O)(=O)C3(C(=O)NO)CCN(CCN(CC)CC)CC3)CC2)cc1.Cl.Cl. The van der Waals surface area contributed by atoms with Crippen molar-refractivity contribution in [1.29, 1.82) is 0 Å². The second kappa shape index (κ2) is 16.8. The summed E-state index contributed by atoms with van der Waals surface area (Å²) in [7, 11) is -3.97. The van der Waals surface area contributed by atoms with Gasteiger partial charge in [-0.1, -0.05) is 27.2 Å². The molecule has 0 aliphatic carbocycles. The summed E-state index contributed by atoms with van der Waals surface area (Å²) in [5.41, 5.74) is 2.69. The van der Waals surface area contributed by atoms with Gasteiger partial charge in [-0.15, -0.1) is 24.8 Å². The molecule has 0 radical (unpaired) electrons. The third-order valence-electron chi connectivity index (χ3n) is 7.85. The molecule has 226 valence electrons. The second-order valence-corrected chi connectivity index (χ2v) is 12.1. The number of sulfonamides is 1. The third kappa shape index (κ3) is 8.58. The number of hydrogen-bond donors (Lipinski definition) is 2. The molecule has 1 aromatic carbocycles. The minimum Gasteiger partial charge on any atom is -0.494 e. The molecule has 0 saturated carbocycles. The minimum absolute atomic E-state index is 0. The molecule has 0 spiro atoms. The van der Waals surface area contributed by atoms with E-state index in [0.717, 1.165) is 50.5 Å². The van der Waals surface area contributed by atoms with Crippen LogP contribution in [0, 0.1) is 0 Å². The van der Waals surface area contributed by atoms with Crippen LogP contribution in [0.3, 0.4) is 0 Å². The quantitative estimate of drug-likeness (QED) is 0.199. The first-order valence-electron chi connectivity index (χ1n) is 13.7. The summed E-state index contributed by atoms with van der Waals surface area (Å²) in [4.78, 5) is 19.5. The number of ether oxygens (including phenoxy) is 1. The number of piperazine rings is 1. The number of piperidine rings is 1. The van der Waals surface area contributed by atoms with Gasteiger partial charge in [0.1, 0.15) is 5.75 Å². The molecule has 0 atom stereocenters. The fraction of sp³-hybridized carbons (Fsp3) is 0.731. The van der Waals surface area contributed by atoms with Crippen LogP contribution >= 0.6 is 24.8 Å². The van der Waals surface area contributed by atoms with Crippen LogP contribution in [0.1, 0.15) is 46.5 Å². The van der Waals surface area contributed by atoms with Crippen molar-refractivity contribution >= 4 is 46.4 Å². The minimum atomic E-state index is -3.97. The van der Waals surface area contributed by atoms with Crippen molar-refractivity contribution in [1.82, 2.24) is 19.6 Å². The van der Waals surface area contributed by atoms with E-state index in [1.165, 1.54) is 4.31 Å². The van der Waals surface area contributed by atoms with Crippen LogP contribution in [-0.2, 0) is 14.8 Å². The van der Waals surface area contributed by atoms with Crippen LogP contribution in [-0.4, -0.2) is 110 Å². The van der Waals surface area contributed by atoms with Crippen LogP contribution in [0.4, 0.5) is 5.69 Å². The van der Waals surface area contributed by atoms with Crippen molar-refractivity contribution in [2.24, 2.45) is 0 Å². The number of halogens is 2. The Morgan fingerprint density at radius 3 is 2.10 bits per heavy atom. The Labute approximate surface area is 246 Å². The molecule has 2 fully saturated rings. The molecule has 2 saturated heterocycles. The van der Waals surface area contributed by atoms with E-state index in [1.54, 1.807) is 5.48 Å². The number of carbonyl (C=O) groups excluding carboxylic acids is 1. The van der Waals surface area contributed by atoms with E-state index in [9.17, 15) is 18.4 Å². The van der Waals surface area contributed by atoms with Gasteiger partial charge in [-0.3, -0.25) is 10.0 Å². The lowest BCUT2D eigenvalue weighted by atomic mass is 9.95. The monoisotopic (exact) mass is 611 g/mol. The molecule has 0 aromatic heterocycles. The summed E-state index contributed by atoms with van der Waals surface area (Å²) in [5, 5.41) is 9.48. The number of likely N-dealkylation sites (N-methyl/N-ethyl adjacent to an activating group) is 1. The van der Waals surface area contributed by atoms with Crippen molar-refractivity contribution in [2.75, 3.05) is 77.0 Å². The first-order chi connectivity index (χ1) is 17.8. The third-order valence-corrected chi connectivity index (χ3v) is 10.5. The number of rotatable bonds is 13. The van der Waals surface area contributed by atoms with Gasteiger partial charge in [0.25, 0.3) is 5.91 Å². The second-order valence-electron chi connectivity index (χ2n) is 9.89. The van der Waals surface area contributed by atoms with Gasteiger partial charge in [-0.05, 0) is 56.6 Å². The van der Waals surface area contributed by atoms with E-state index >= 15 is 0 Å². The Morgan fingerprint density at radius 2 is 1.59 bits per heavy atom. The normalized spacial score (nSPS) is 18.2. The van der Waals surface area contributed by atoms with E-state index in [2.05, 4.69) is 35.5 Å². The van der Waals surface area contributed by atoms with E-state index < -0.39 is 20.7 Å². The molecule has 0 bridgehead atoms. The van der Waals surface area contributed by atoms with Gasteiger partial charge in [-0.2, -0.15) is 4.31 Å². The van der Waals surface area contributed by atoms with Crippen molar-refractivity contribution in [3.05, 3.63) is 24.3 Å². The average molecular weight is 613 g/mol. The Balaban J connectivity index is 0.00000380. The Bertz CT molecular complexity index is 950. The van der Waals surface area contributed by atoms with Gasteiger partial charge in [-0.25, -0.2) is 13.9 Å². The largest absolute Gasteiger partial charge is 0.494 e. The van der Waals surface area contributed by atoms with Crippen molar-refractivity contribution in [3.8, 4) is 5.75 Å². The van der Waals surface area contributed by atoms with E-state index in [4.69, 9.17) is 4.74 Å². The molecule has 0 unspecified atom stereocenters. The van der Waals surface area contributed by atoms with Gasteiger partial charge < -0.3 is 19.4 Å². The maximum absolute atomic E-state index is 13.8. The predicted octanol–water partition coefficient (Wildman–Crippen LogP) is 2.84. The number of nitrogens with zero attached hydrogens (tertiary/aromatic N) is 4. The molecule has 2 aliphatic heterocycles. The fourth-order valence-electron chi connectivity index (χ4n) is 5.19. The first kappa shape index (κ1) is 35.7. The van der Waals surface area contributed by atoms with Crippen LogP contribution < -0.4 is 15.1 Å². The highest BCUT2D eigenvalue weighted by Crippen LogP contribution is 2.34. The number of carbonyl (C=O) groups is 1. The van der Waals surface area contributed by atoms with Gasteiger partial charge in [0.15, 0.2) is 4.75 Å². The number of benzene rings is 1. The van der Waals surface area contributed by atoms with Gasteiger partial charge in [0.2, 0.25) is 10.0 Å². The number of hydrogen-bond acceptors (Lipinski definition) is 8. The average Bonchev–Trinajstić information content (AvgIpc) is 2.94. The zero-order chi connectivity index (χ0) is 26.9. The highest BCUT2D eigenvalue weighted by atomic mass is 35.5. The molecule has 39 heavy (non-hydrogen) atoms. The maximum Gasteiger partial charge on any atom is 0.266 e. The summed E-state index contributed by atoms with van der Waals surface area (Å²) >= 11 is 0. The topological polar surface area (TPSA) is 106 Å². The highest BCUT2D eigenvalue weighted by Gasteiger charge is 2.55. The Hall–Kier alpha value is -1.34. The Morgan fingerprint density at radius 1 is 1.00 bits per heavy atom. The summed E-state index contributed by atoms with van der Waals surface area (Å²) < 4.78 is 33.2.